The Kier molecular flexibility index (Phi) is 3.91. The van der Waals surface area contributed by atoms with Crippen molar-refractivity contribution in [3.8, 4) is 0 Å². The van der Waals surface area contributed by atoms with Crippen LogP contribution in [0.1, 0.15) is 49.5 Å². The van der Waals surface area contributed by atoms with Crippen LogP contribution in [0.4, 0.5) is 0 Å². The molecule has 0 saturated heterocycles. The molecular formula is C17H24O. The molecule has 0 amide bonds. The lowest BCUT2D eigenvalue weighted by Crippen LogP contribution is -2.20. The van der Waals surface area contributed by atoms with Crippen molar-refractivity contribution < 1.29 is 5.11 Å². The average Bonchev–Trinajstić information content (AvgIpc) is 2.30. The average molecular weight is 244 g/mol. The van der Waals surface area contributed by atoms with Crippen LogP contribution in [0.25, 0.3) is 0 Å². The van der Waals surface area contributed by atoms with Gasteiger partial charge in [0.05, 0.1) is 6.10 Å². The Bertz CT molecular complexity index is 459. The molecule has 1 N–H and O–H groups in total. The smallest absolute Gasteiger partial charge is 0.0824 e. The first kappa shape index (κ1) is 13.4. The molecule has 0 spiro atoms. The van der Waals surface area contributed by atoms with Crippen LogP contribution < -0.4 is 0 Å². The van der Waals surface area contributed by atoms with Gasteiger partial charge in [-0.25, -0.2) is 0 Å². The van der Waals surface area contributed by atoms with E-state index in [1.807, 2.05) is 0 Å². The van der Waals surface area contributed by atoms with Crippen LogP contribution in [0.15, 0.2) is 29.8 Å². The molecule has 1 heteroatoms. The van der Waals surface area contributed by atoms with E-state index in [-0.39, 0.29) is 6.10 Å². The van der Waals surface area contributed by atoms with Crippen LogP contribution >= 0.6 is 0 Å². The van der Waals surface area contributed by atoms with E-state index in [0.717, 1.165) is 18.4 Å². The summed E-state index contributed by atoms with van der Waals surface area (Å²) in [7, 11) is 0. The lowest BCUT2D eigenvalue weighted by molar-refractivity contribution is 0.0926. The zero-order chi connectivity index (χ0) is 13.3. The highest BCUT2D eigenvalue weighted by atomic mass is 16.3. The summed E-state index contributed by atoms with van der Waals surface area (Å²) >= 11 is 0. The molecule has 3 unspecified atom stereocenters. The summed E-state index contributed by atoms with van der Waals surface area (Å²) in [6.45, 7) is 8.60. The van der Waals surface area contributed by atoms with Gasteiger partial charge in [-0.1, -0.05) is 42.3 Å². The van der Waals surface area contributed by atoms with E-state index >= 15 is 0 Å². The molecule has 18 heavy (non-hydrogen) atoms. The Labute approximate surface area is 111 Å². The monoisotopic (exact) mass is 244 g/mol. The molecule has 0 aliphatic heterocycles. The van der Waals surface area contributed by atoms with Crippen molar-refractivity contribution in [3.63, 3.8) is 0 Å². The molecule has 1 aromatic rings. The van der Waals surface area contributed by atoms with Crippen LogP contribution in [0.5, 0.6) is 0 Å². The maximum atomic E-state index is 10.7. The molecule has 0 aromatic heterocycles. The van der Waals surface area contributed by atoms with Crippen LogP contribution in [0.3, 0.4) is 0 Å². The SMILES string of the molecule is CC1=CC(C)CC(C(O)c2cc(C)ccc2C)C1. The van der Waals surface area contributed by atoms with Gasteiger partial charge in [0, 0.05) is 0 Å². The second-order valence-corrected chi connectivity index (χ2v) is 6.00. The van der Waals surface area contributed by atoms with Crippen molar-refractivity contribution in [2.45, 2.75) is 46.6 Å². The van der Waals surface area contributed by atoms with Crippen LogP contribution in [0, 0.1) is 25.7 Å². The maximum absolute atomic E-state index is 10.7. The topological polar surface area (TPSA) is 20.2 Å². The Balaban J connectivity index is 2.23. The normalized spacial score (nSPS) is 25.7. The number of aliphatic hydroxyl groups is 1. The number of rotatable bonds is 2. The van der Waals surface area contributed by atoms with Gasteiger partial charge in [0.1, 0.15) is 0 Å². The zero-order valence-corrected chi connectivity index (χ0v) is 11.9. The van der Waals surface area contributed by atoms with Crippen molar-refractivity contribution in [2.75, 3.05) is 0 Å². The van der Waals surface area contributed by atoms with Crippen molar-refractivity contribution in [1.29, 1.82) is 0 Å². The van der Waals surface area contributed by atoms with Gasteiger partial charge in [0.15, 0.2) is 0 Å². The summed E-state index contributed by atoms with van der Waals surface area (Å²) < 4.78 is 0. The highest BCUT2D eigenvalue weighted by molar-refractivity contribution is 5.33. The second kappa shape index (κ2) is 5.27. The predicted octanol–water partition coefficient (Wildman–Crippen LogP) is 4.33. The molecular weight excluding hydrogens is 220 g/mol. The Morgan fingerprint density at radius 3 is 2.61 bits per heavy atom. The molecule has 0 saturated carbocycles. The predicted molar refractivity (Wildman–Crippen MR) is 76.5 cm³/mol. The minimum absolute atomic E-state index is 0.323. The summed E-state index contributed by atoms with van der Waals surface area (Å²) in [5, 5.41) is 10.7. The van der Waals surface area contributed by atoms with Gasteiger partial charge in [-0.2, -0.15) is 0 Å². The lowest BCUT2D eigenvalue weighted by Gasteiger charge is -2.30. The first-order chi connectivity index (χ1) is 8.47. The summed E-state index contributed by atoms with van der Waals surface area (Å²) in [4.78, 5) is 0. The Morgan fingerprint density at radius 2 is 1.94 bits per heavy atom. The minimum Gasteiger partial charge on any atom is -0.388 e. The Morgan fingerprint density at radius 1 is 1.22 bits per heavy atom. The van der Waals surface area contributed by atoms with Crippen molar-refractivity contribution in [2.24, 2.45) is 11.8 Å². The third kappa shape index (κ3) is 2.84. The number of aryl methyl sites for hydroxylation is 2. The summed E-state index contributed by atoms with van der Waals surface area (Å²) in [6.07, 6.45) is 4.13. The molecule has 1 aliphatic rings. The van der Waals surface area contributed by atoms with Crippen LogP contribution in [0.2, 0.25) is 0 Å². The van der Waals surface area contributed by atoms with Gasteiger partial charge in [-0.05, 0) is 56.6 Å². The van der Waals surface area contributed by atoms with E-state index < -0.39 is 0 Å². The van der Waals surface area contributed by atoms with Crippen LogP contribution in [-0.4, -0.2) is 5.11 Å². The molecule has 1 aliphatic carbocycles. The van der Waals surface area contributed by atoms with Gasteiger partial charge in [0.25, 0.3) is 0 Å². The standard InChI is InChI=1S/C17H24O/c1-11-5-6-14(4)16(10-11)17(18)15-8-12(2)7-13(3)9-15/h5-7,10,12,15,17-18H,8-9H2,1-4H3. The fourth-order valence-corrected chi connectivity index (χ4v) is 3.17. The quantitative estimate of drug-likeness (QED) is 0.768. The van der Waals surface area contributed by atoms with Gasteiger partial charge < -0.3 is 5.11 Å². The molecule has 0 heterocycles. The second-order valence-electron chi connectivity index (χ2n) is 6.00. The Hall–Kier alpha value is -1.08. The first-order valence-corrected chi connectivity index (χ1v) is 6.90. The number of hydrogen-bond donors (Lipinski definition) is 1. The van der Waals surface area contributed by atoms with Crippen molar-refractivity contribution >= 4 is 0 Å². The minimum atomic E-state index is -0.323. The molecule has 0 bridgehead atoms. The van der Waals surface area contributed by atoms with Crippen LogP contribution in [-0.2, 0) is 0 Å². The summed E-state index contributed by atoms with van der Waals surface area (Å²) in [6, 6.07) is 6.36. The van der Waals surface area contributed by atoms with Gasteiger partial charge >= 0.3 is 0 Å². The molecule has 3 atom stereocenters. The largest absolute Gasteiger partial charge is 0.388 e. The number of hydrogen-bond acceptors (Lipinski definition) is 1. The molecule has 98 valence electrons. The third-order valence-electron chi connectivity index (χ3n) is 4.03. The zero-order valence-electron chi connectivity index (χ0n) is 11.9. The highest BCUT2D eigenvalue weighted by Gasteiger charge is 2.26. The fourth-order valence-electron chi connectivity index (χ4n) is 3.17. The number of benzene rings is 1. The van der Waals surface area contributed by atoms with E-state index in [4.69, 9.17) is 0 Å². The first-order valence-electron chi connectivity index (χ1n) is 6.90. The summed E-state index contributed by atoms with van der Waals surface area (Å²) in [5.41, 5.74) is 4.96. The molecule has 1 aromatic carbocycles. The molecule has 1 nitrogen and oxygen atoms in total. The van der Waals surface area contributed by atoms with E-state index in [1.54, 1.807) is 0 Å². The van der Waals surface area contributed by atoms with Crippen molar-refractivity contribution in [3.05, 3.63) is 46.5 Å². The number of aliphatic hydroxyl groups excluding tert-OH is 1. The van der Waals surface area contributed by atoms with E-state index in [1.165, 1.54) is 16.7 Å². The summed E-state index contributed by atoms with van der Waals surface area (Å²) in [5.74, 6) is 0.953. The molecule has 0 fully saturated rings. The van der Waals surface area contributed by atoms with E-state index in [0.29, 0.717) is 11.8 Å². The third-order valence-corrected chi connectivity index (χ3v) is 4.03. The van der Waals surface area contributed by atoms with Gasteiger partial charge in [-0.15, -0.1) is 0 Å². The fraction of sp³-hybridized carbons (Fsp3) is 0.529. The molecule has 0 radical (unpaired) electrons. The lowest BCUT2D eigenvalue weighted by atomic mass is 9.78. The maximum Gasteiger partial charge on any atom is 0.0824 e. The molecule has 2 rings (SSSR count). The van der Waals surface area contributed by atoms with Gasteiger partial charge in [-0.3, -0.25) is 0 Å². The van der Waals surface area contributed by atoms with Gasteiger partial charge in [0.2, 0.25) is 0 Å². The van der Waals surface area contributed by atoms with E-state index in [2.05, 4.69) is 52.0 Å². The highest BCUT2D eigenvalue weighted by Crippen LogP contribution is 2.37. The van der Waals surface area contributed by atoms with E-state index in [9.17, 15) is 5.11 Å². The number of allylic oxidation sites excluding steroid dienone is 2. The van der Waals surface area contributed by atoms with Crippen molar-refractivity contribution in [1.82, 2.24) is 0 Å².